The minimum absolute atomic E-state index is 0.276. The maximum Gasteiger partial charge on any atom is 0.319 e. The molecule has 0 saturated heterocycles. The second-order valence-corrected chi connectivity index (χ2v) is 6.50. The Balaban J connectivity index is 1.64. The largest absolute Gasteiger partial charge is 0.493 e. The summed E-state index contributed by atoms with van der Waals surface area (Å²) in [4.78, 5) is 12.2. The highest BCUT2D eigenvalue weighted by atomic mass is 19.1. The van der Waals surface area contributed by atoms with Gasteiger partial charge in [-0.25, -0.2) is 13.9 Å². The summed E-state index contributed by atoms with van der Waals surface area (Å²) in [6.45, 7) is 3.98. The van der Waals surface area contributed by atoms with Gasteiger partial charge in [-0.2, -0.15) is 5.10 Å². The number of carbonyl (C=O) groups is 1. The predicted octanol–water partition coefficient (Wildman–Crippen LogP) is 3.97. The number of halogens is 1. The number of ether oxygens (including phenoxy) is 2. The van der Waals surface area contributed by atoms with Gasteiger partial charge in [0, 0.05) is 17.9 Å². The van der Waals surface area contributed by atoms with Gasteiger partial charge in [0.25, 0.3) is 0 Å². The van der Waals surface area contributed by atoms with Crippen LogP contribution in [0.3, 0.4) is 0 Å². The third-order valence-corrected chi connectivity index (χ3v) is 4.34. The van der Waals surface area contributed by atoms with Crippen molar-refractivity contribution in [3.8, 4) is 17.2 Å². The zero-order chi connectivity index (χ0) is 21.0. The number of hydrogen-bond acceptors (Lipinski definition) is 4. The van der Waals surface area contributed by atoms with E-state index in [9.17, 15) is 9.18 Å². The molecule has 3 rings (SSSR count). The highest BCUT2D eigenvalue weighted by Gasteiger charge is 2.11. The van der Waals surface area contributed by atoms with Gasteiger partial charge in [-0.1, -0.05) is 6.07 Å². The van der Waals surface area contributed by atoms with Crippen molar-refractivity contribution in [1.29, 1.82) is 0 Å². The van der Waals surface area contributed by atoms with Crippen LogP contribution < -0.4 is 20.1 Å². The standard InChI is InChI=1S/C21H23FN4O3/c1-13-9-14(2)26(25-13)18-7-6-16(11-17(18)22)24-21(27)23-12-15-5-8-19(28-3)20(10-15)29-4/h5-11H,12H2,1-4H3,(H2,23,24,27). The number of carbonyl (C=O) groups excluding carboxylic acids is 1. The summed E-state index contributed by atoms with van der Waals surface area (Å²) in [6.07, 6.45) is 0. The number of anilines is 1. The van der Waals surface area contributed by atoms with Crippen LogP contribution in [0.2, 0.25) is 0 Å². The summed E-state index contributed by atoms with van der Waals surface area (Å²) in [6, 6.07) is 11.3. The molecule has 0 aliphatic carbocycles. The van der Waals surface area contributed by atoms with Crippen molar-refractivity contribution in [1.82, 2.24) is 15.1 Å². The zero-order valence-electron chi connectivity index (χ0n) is 16.7. The van der Waals surface area contributed by atoms with E-state index < -0.39 is 11.8 Å². The lowest BCUT2D eigenvalue weighted by Gasteiger charge is -2.12. The maximum absolute atomic E-state index is 14.5. The molecular formula is C21H23FN4O3. The van der Waals surface area contributed by atoms with Crippen molar-refractivity contribution in [2.45, 2.75) is 20.4 Å². The number of rotatable bonds is 6. The summed E-state index contributed by atoms with van der Waals surface area (Å²) in [7, 11) is 3.11. The van der Waals surface area contributed by atoms with Crippen LogP contribution in [0.25, 0.3) is 5.69 Å². The van der Waals surface area contributed by atoms with E-state index in [1.807, 2.05) is 26.0 Å². The first-order valence-electron chi connectivity index (χ1n) is 9.00. The second-order valence-electron chi connectivity index (χ2n) is 6.50. The Morgan fingerprint density at radius 3 is 2.45 bits per heavy atom. The molecule has 0 fully saturated rings. The van der Waals surface area contributed by atoms with Crippen molar-refractivity contribution in [3.63, 3.8) is 0 Å². The molecule has 1 aromatic heterocycles. The van der Waals surface area contributed by atoms with E-state index >= 15 is 0 Å². The fourth-order valence-electron chi connectivity index (χ4n) is 2.98. The molecule has 0 saturated carbocycles. The van der Waals surface area contributed by atoms with Crippen molar-refractivity contribution in [2.75, 3.05) is 19.5 Å². The Bertz CT molecular complexity index is 1030. The maximum atomic E-state index is 14.5. The molecule has 0 unspecified atom stereocenters. The highest BCUT2D eigenvalue weighted by Crippen LogP contribution is 2.27. The van der Waals surface area contributed by atoms with Gasteiger partial charge >= 0.3 is 6.03 Å². The quantitative estimate of drug-likeness (QED) is 0.659. The monoisotopic (exact) mass is 398 g/mol. The minimum atomic E-state index is -0.478. The molecule has 0 bridgehead atoms. The topological polar surface area (TPSA) is 77.4 Å². The van der Waals surface area contributed by atoms with E-state index in [4.69, 9.17) is 9.47 Å². The lowest BCUT2D eigenvalue weighted by Crippen LogP contribution is -2.28. The van der Waals surface area contributed by atoms with E-state index in [2.05, 4.69) is 15.7 Å². The second kappa shape index (κ2) is 8.64. The summed E-state index contributed by atoms with van der Waals surface area (Å²) < 4.78 is 26.5. The van der Waals surface area contributed by atoms with Crippen molar-refractivity contribution in [3.05, 3.63) is 65.2 Å². The van der Waals surface area contributed by atoms with Crippen molar-refractivity contribution < 1.29 is 18.7 Å². The lowest BCUT2D eigenvalue weighted by atomic mass is 10.2. The molecule has 2 amide bonds. The smallest absolute Gasteiger partial charge is 0.319 e. The van der Waals surface area contributed by atoms with Gasteiger partial charge in [-0.3, -0.25) is 0 Å². The van der Waals surface area contributed by atoms with Gasteiger partial charge in [0.1, 0.15) is 5.69 Å². The number of aromatic nitrogens is 2. The summed E-state index contributed by atoms with van der Waals surface area (Å²) in [5.41, 5.74) is 3.14. The van der Waals surface area contributed by atoms with Crippen LogP contribution in [0, 0.1) is 19.7 Å². The van der Waals surface area contributed by atoms with Gasteiger partial charge in [0.15, 0.2) is 17.3 Å². The molecule has 3 aromatic rings. The molecule has 2 aromatic carbocycles. The fraction of sp³-hybridized carbons (Fsp3) is 0.238. The molecule has 0 aliphatic rings. The van der Waals surface area contributed by atoms with Crippen LogP contribution in [0.1, 0.15) is 17.0 Å². The summed E-state index contributed by atoms with van der Waals surface area (Å²) in [5, 5.41) is 9.63. The molecular weight excluding hydrogens is 375 g/mol. The van der Waals surface area contributed by atoms with E-state index in [-0.39, 0.29) is 6.54 Å². The van der Waals surface area contributed by atoms with E-state index in [0.717, 1.165) is 17.0 Å². The summed E-state index contributed by atoms with van der Waals surface area (Å²) >= 11 is 0. The van der Waals surface area contributed by atoms with Gasteiger partial charge in [0.2, 0.25) is 0 Å². The number of hydrogen-bond donors (Lipinski definition) is 2. The third-order valence-electron chi connectivity index (χ3n) is 4.34. The number of nitrogens with one attached hydrogen (secondary N) is 2. The number of nitrogens with zero attached hydrogens (tertiary/aromatic N) is 2. The molecule has 1 heterocycles. The van der Waals surface area contributed by atoms with E-state index in [1.165, 1.54) is 10.7 Å². The Kier molecular flexibility index (Phi) is 6.01. The zero-order valence-corrected chi connectivity index (χ0v) is 16.7. The molecule has 0 atom stereocenters. The number of benzene rings is 2. The Morgan fingerprint density at radius 2 is 1.83 bits per heavy atom. The fourth-order valence-corrected chi connectivity index (χ4v) is 2.98. The normalized spacial score (nSPS) is 10.5. The number of methoxy groups -OCH3 is 2. The number of aryl methyl sites for hydroxylation is 2. The van der Waals surface area contributed by atoms with Gasteiger partial charge in [0.05, 0.1) is 19.9 Å². The van der Waals surface area contributed by atoms with Gasteiger partial charge < -0.3 is 20.1 Å². The van der Waals surface area contributed by atoms with E-state index in [0.29, 0.717) is 22.9 Å². The molecule has 0 aliphatic heterocycles. The minimum Gasteiger partial charge on any atom is -0.493 e. The molecule has 7 nitrogen and oxygen atoms in total. The first-order chi connectivity index (χ1) is 13.9. The molecule has 0 radical (unpaired) electrons. The lowest BCUT2D eigenvalue weighted by molar-refractivity contribution is 0.251. The average molecular weight is 398 g/mol. The number of urea groups is 1. The van der Waals surface area contributed by atoms with Crippen LogP contribution in [0.5, 0.6) is 11.5 Å². The molecule has 152 valence electrons. The van der Waals surface area contributed by atoms with Crippen LogP contribution in [0.15, 0.2) is 42.5 Å². The Hall–Kier alpha value is -3.55. The van der Waals surface area contributed by atoms with Crippen LogP contribution in [-0.2, 0) is 6.54 Å². The molecule has 0 spiro atoms. The first-order valence-corrected chi connectivity index (χ1v) is 9.00. The van der Waals surface area contributed by atoms with Crippen LogP contribution in [-0.4, -0.2) is 30.0 Å². The van der Waals surface area contributed by atoms with Crippen LogP contribution in [0.4, 0.5) is 14.9 Å². The van der Waals surface area contributed by atoms with Crippen LogP contribution >= 0.6 is 0 Å². The third kappa shape index (κ3) is 4.66. The Morgan fingerprint density at radius 1 is 1.07 bits per heavy atom. The molecule has 29 heavy (non-hydrogen) atoms. The van der Waals surface area contributed by atoms with Gasteiger partial charge in [-0.05, 0) is 55.8 Å². The molecule has 2 N–H and O–H groups in total. The summed E-state index contributed by atoms with van der Waals surface area (Å²) in [5.74, 6) is 0.710. The van der Waals surface area contributed by atoms with Gasteiger partial charge in [-0.15, -0.1) is 0 Å². The van der Waals surface area contributed by atoms with E-state index in [1.54, 1.807) is 38.5 Å². The van der Waals surface area contributed by atoms with Crippen molar-refractivity contribution >= 4 is 11.7 Å². The SMILES string of the molecule is COc1ccc(CNC(=O)Nc2ccc(-n3nc(C)cc3C)c(F)c2)cc1OC. The van der Waals surface area contributed by atoms with Crippen molar-refractivity contribution in [2.24, 2.45) is 0 Å². The Labute approximate surface area is 168 Å². The molecule has 8 heteroatoms. The number of amides is 2. The highest BCUT2D eigenvalue weighted by molar-refractivity contribution is 5.89. The predicted molar refractivity (Wildman–Crippen MR) is 108 cm³/mol. The first kappa shape index (κ1) is 20.2. The average Bonchev–Trinajstić information content (AvgIpc) is 3.04.